The summed E-state index contributed by atoms with van der Waals surface area (Å²) in [6, 6.07) is 1.93. The van der Waals surface area contributed by atoms with Crippen molar-refractivity contribution in [1.82, 2.24) is 9.97 Å². The van der Waals surface area contributed by atoms with E-state index in [1.165, 1.54) is 0 Å². The second-order valence-electron chi connectivity index (χ2n) is 4.09. The highest BCUT2D eigenvalue weighted by molar-refractivity contribution is 5.53. The largest absolute Gasteiger partial charge is 0.380 e. The number of anilines is 3. The zero-order valence-corrected chi connectivity index (χ0v) is 10.3. The number of hydrogen-bond donors (Lipinski definition) is 2. The van der Waals surface area contributed by atoms with E-state index in [9.17, 15) is 0 Å². The Morgan fingerprint density at radius 1 is 1.59 bits per heavy atom. The molecule has 0 spiro atoms. The predicted octanol–water partition coefficient (Wildman–Crippen LogP) is 0.716. The fourth-order valence-electron chi connectivity index (χ4n) is 2.01. The van der Waals surface area contributed by atoms with Crippen molar-refractivity contribution in [1.29, 1.82) is 0 Å². The number of methoxy groups -OCH3 is 1. The van der Waals surface area contributed by atoms with Crippen LogP contribution in [0.4, 0.5) is 17.6 Å². The van der Waals surface area contributed by atoms with Crippen LogP contribution in [0.1, 0.15) is 13.3 Å². The summed E-state index contributed by atoms with van der Waals surface area (Å²) in [6.07, 6.45) is 1.31. The lowest BCUT2D eigenvalue weighted by Crippen LogP contribution is -2.23. The van der Waals surface area contributed by atoms with Crippen LogP contribution in [-0.2, 0) is 4.74 Å². The third-order valence-corrected chi connectivity index (χ3v) is 2.89. The number of nitrogens with two attached hydrogens (primary N) is 1. The Morgan fingerprint density at radius 2 is 2.41 bits per heavy atom. The molecule has 2 rings (SSSR count). The summed E-state index contributed by atoms with van der Waals surface area (Å²) in [6.45, 7) is 4.64. The van der Waals surface area contributed by atoms with Crippen molar-refractivity contribution in [3.8, 4) is 0 Å². The lowest BCUT2D eigenvalue weighted by atomic mass is 10.3. The van der Waals surface area contributed by atoms with Gasteiger partial charge < -0.3 is 20.7 Å². The van der Waals surface area contributed by atoms with E-state index in [0.29, 0.717) is 5.95 Å². The molecule has 0 radical (unpaired) electrons. The first kappa shape index (κ1) is 11.9. The Bertz CT molecular complexity index is 384. The second kappa shape index (κ2) is 5.18. The van der Waals surface area contributed by atoms with Crippen molar-refractivity contribution < 1.29 is 4.74 Å². The first-order valence-electron chi connectivity index (χ1n) is 5.89. The van der Waals surface area contributed by atoms with Gasteiger partial charge in [0.2, 0.25) is 5.95 Å². The van der Waals surface area contributed by atoms with Crippen LogP contribution < -0.4 is 16.0 Å². The van der Waals surface area contributed by atoms with Gasteiger partial charge >= 0.3 is 0 Å². The topological polar surface area (TPSA) is 76.3 Å². The van der Waals surface area contributed by atoms with Crippen molar-refractivity contribution >= 4 is 17.6 Å². The number of nitrogens with zero attached hydrogens (tertiary/aromatic N) is 3. The molecular weight excluding hydrogens is 218 g/mol. The molecule has 1 saturated heterocycles. The van der Waals surface area contributed by atoms with E-state index < -0.39 is 0 Å². The maximum Gasteiger partial charge on any atom is 0.223 e. The smallest absolute Gasteiger partial charge is 0.223 e. The minimum absolute atomic E-state index is 0.286. The molecule has 1 unspecified atom stereocenters. The van der Waals surface area contributed by atoms with Gasteiger partial charge in [-0.1, -0.05) is 0 Å². The summed E-state index contributed by atoms with van der Waals surface area (Å²) in [5, 5.41) is 3.15. The van der Waals surface area contributed by atoms with Crippen LogP contribution in [0.5, 0.6) is 0 Å². The molecule has 3 N–H and O–H groups in total. The van der Waals surface area contributed by atoms with Gasteiger partial charge in [-0.05, 0) is 13.3 Å². The zero-order valence-electron chi connectivity index (χ0n) is 10.3. The average Bonchev–Trinajstić information content (AvgIpc) is 2.77. The number of rotatable bonds is 4. The maximum absolute atomic E-state index is 5.70. The van der Waals surface area contributed by atoms with Crippen molar-refractivity contribution in [2.75, 3.05) is 42.7 Å². The summed E-state index contributed by atoms with van der Waals surface area (Å²) in [4.78, 5) is 10.6. The molecule has 0 aliphatic carbocycles. The molecule has 1 aliphatic heterocycles. The van der Waals surface area contributed by atoms with Crippen LogP contribution in [0, 0.1) is 0 Å². The van der Waals surface area contributed by atoms with E-state index >= 15 is 0 Å². The molecule has 6 heteroatoms. The molecule has 2 heterocycles. The molecule has 17 heavy (non-hydrogen) atoms. The molecule has 1 aromatic heterocycles. The van der Waals surface area contributed by atoms with E-state index in [-0.39, 0.29) is 6.10 Å². The summed E-state index contributed by atoms with van der Waals surface area (Å²) in [5.74, 6) is 1.95. The average molecular weight is 237 g/mol. The Labute approximate surface area is 101 Å². The van der Waals surface area contributed by atoms with Crippen LogP contribution >= 0.6 is 0 Å². The van der Waals surface area contributed by atoms with E-state index in [0.717, 1.165) is 37.7 Å². The van der Waals surface area contributed by atoms with Crippen LogP contribution in [-0.4, -0.2) is 42.8 Å². The molecule has 0 amide bonds. The lowest BCUT2D eigenvalue weighted by Gasteiger charge is -2.18. The molecule has 0 bridgehead atoms. The van der Waals surface area contributed by atoms with Gasteiger partial charge in [0, 0.05) is 32.8 Å². The maximum atomic E-state index is 5.70. The van der Waals surface area contributed by atoms with Gasteiger partial charge in [-0.15, -0.1) is 0 Å². The van der Waals surface area contributed by atoms with E-state index in [1.807, 2.05) is 13.0 Å². The lowest BCUT2D eigenvalue weighted by molar-refractivity contribution is 0.121. The van der Waals surface area contributed by atoms with Crippen LogP contribution in [0.25, 0.3) is 0 Å². The minimum Gasteiger partial charge on any atom is -0.380 e. The normalized spacial score (nSPS) is 19.6. The quantitative estimate of drug-likeness (QED) is 0.803. The molecule has 1 aromatic rings. The Hall–Kier alpha value is -1.56. The first-order chi connectivity index (χ1) is 8.22. The molecule has 6 nitrogen and oxygen atoms in total. The fourth-order valence-corrected chi connectivity index (χ4v) is 2.01. The summed E-state index contributed by atoms with van der Waals surface area (Å²) in [7, 11) is 1.74. The number of ether oxygens (including phenoxy) is 1. The van der Waals surface area contributed by atoms with Gasteiger partial charge in [0.15, 0.2) is 0 Å². The summed E-state index contributed by atoms with van der Waals surface area (Å²) >= 11 is 0. The number of nitrogens with one attached hydrogen (secondary N) is 1. The van der Waals surface area contributed by atoms with Gasteiger partial charge in [0.25, 0.3) is 0 Å². The number of hydrogen-bond acceptors (Lipinski definition) is 6. The van der Waals surface area contributed by atoms with E-state index in [1.54, 1.807) is 7.11 Å². The highest BCUT2D eigenvalue weighted by Crippen LogP contribution is 2.22. The van der Waals surface area contributed by atoms with Crippen LogP contribution in [0.15, 0.2) is 6.07 Å². The highest BCUT2D eigenvalue weighted by Gasteiger charge is 2.23. The number of aromatic nitrogens is 2. The summed E-state index contributed by atoms with van der Waals surface area (Å²) < 4.78 is 5.34. The third-order valence-electron chi connectivity index (χ3n) is 2.89. The Kier molecular flexibility index (Phi) is 3.63. The van der Waals surface area contributed by atoms with E-state index in [4.69, 9.17) is 10.5 Å². The van der Waals surface area contributed by atoms with Gasteiger partial charge in [-0.3, -0.25) is 0 Å². The summed E-state index contributed by atoms with van der Waals surface area (Å²) in [5.41, 5.74) is 5.70. The predicted molar refractivity (Wildman–Crippen MR) is 68.2 cm³/mol. The van der Waals surface area contributed by atoms with Crippen molar-refractivity contribution in [3.63, 3.8) is 0 Å². The first-order valence-corrected chi connectivity index (χ1v) is 5.89. The highest BCUT2D eigenvalue weighted by atomic mass is 16.5. The monoisotopic (exact) mass is 237 g/mol. The van der Waals surface area contributed by atoms with Crippen molar-refractivity contribution in [3.05, 3.63) is 6.07 Å². The molecule has 0 aromatic carbocycles. The Morgan fingerprint density at radius 3 is 3.06 bits per heavy atom. The van der Waals surface area contributed by atoms with Crippen LogP contribution in [0.2, 0.25) is 0 Å². The van der Waals surface area contributed by atoms with Gasteiger partial charge in [0.1, 0.15) is 11.6 Å². The molecule has 1 atom stereocenters. The molecule has 0 saturated carbocycles. The van der Waals surface area contributed by atoms with E-state index in [2.05, 4.69) is 20.2 Å². The SMILES string of the molecule is CCNc1cc(N2CCC(OC)C2)nc(N)n1. The van der Waals surface area contributed by atoms with Gasteiger partial charge in [-0.25, -0.2) is 0 Å². The van der Waals surface area contributed by atoms with Crippen LogP contribution in [0.3, 0.4) is 0 Å². The molecule has 1 aliphatic rings. The molecule has 1 fully saturated rings. The third kappa shape index (κ3) is 2.76. The second-order valence-corrected chi connectivity index (χ2v) is 4.09. The number of nitrogen functional groups attached to an aromatic ring is 1. The minimum atomic E-state index is 0.286. The molecular formula is C11H19N5O. The van der Waals surface area contributed by atoms with Crippen molar-refractivity contribution in [2.45, 2.75) is 19.4 Å². The zero-order chi connectivity index (χ0) is 12.3. The molecule has 94 valence electrons. The van der Waals surface area contributed by atoms with Crippen molar-refractivity contribution in [2.24, 2.45) is 0 Å². The van der Waals surface area contributed by atoms with Gasteiger partial charge in [0.05, 0.1) is 6.10 Å². The standard InChI is InChI=1S/C11H19N5O/c1-3-13-9-6-10(15-11(12)14-9)16-5-4-8(7-16)17-2/h6,8H,3-5,7H2,1-2H3,(H3,12,13,14,15). The fraction of sp³-hybridized carbons (Fsp3) is 0.636. The van der Waals surface area contributed by atoms with Gasteiger partial charge in [-0.2, -0.15) is 9.97 Å². The Balaban J connectivity index is 2.15.